The van der Waals surface area contributed by atoms with Crippen molar-refractivity contribution in [3.8, 4) is 5.75 Å². The summed E-state index contributed by atoms with van der Waals surface area (Å²) in [5.74, 6) is 0.955. The minimum atomic E-state index is 0.813. The van der Waals surface area contributed by atoms with Crippen LogP contribution in [0.5, 0.6) is 5.75 Å². The van der Waals surface area contributed by atoms with Crippen LogP contribution in [0.25, 0.3) is 0 Å². The highest BCUT2D eigenvalue weighted by molar-refractivity contribution is 5.82. The smallest absolute Gasteiger partial charge is 0.119 e. The Bertz CT molecular complexity index is 793. The second-order valence-electron chi connectivity index (χ2n) is 10.7. The molecule has 0 aromatic heterocycles. The van der Waals surface area contributed by atoms with E-state index in [4.69, 9.17) is 4.74 Å². The standard InChI is InChI=1S/C35H55NO/c1-3-5-7-9-11-13-14-15-17-19-21-32-22-26-34(27-23-32)36-31-33-24-28-35(29-25-33)37-30-20-18-16-12-10-8-6-4-2/h22-29,31H,3-21,30H2,1-2H3. The lowest BCUT2D eigenvalue weighted by molar-refractivity contribution is 0.304. The van der Waals surface area contributed by atoms with Crippen LogP contribution >= 0.6 is 0 Å². The maximum Gasteiger partial charge on any atom is 0.119 e. The van der Waals surface area contributed by atoms with Crippen molar-refractivity contribution < 1.29 is 4.74 Å². The number of aryl methyl sites for hydroxylation is 1. The van der Waals surface area contributed by atoms with Crippen molar-refractivity contribution in [3.05, 3.63) is 59.7 Å². The van der Waals surface area contributed by atoms with Crippen molar-refractivity contribution >= 4 is 11.9 Å². The molecule has 0 aliphatic rings. The van der Waals surface area contributed by atoms with Crippen LogP contribution in [0.2, 0.25) is 0 Å². The normalized spacial score (nSPS) is 11.4. The first-order valence-corrected chi connectivity index (χ1v) is 15.7. The van der Waals surface area contributed by atoms with Crippen molar-refractivity contribution in [3.63, 3.8) is 0 Å². The molecule has 0 atom stereocenters. The van der Waals surface area contributed by atoms with Crippen molar-refractivity contribution in [2.75, 3.05) is 6.61 Å². The fourth-order valence-corrected chi connectivity index (χ4v) is 4.79. The minimum absolute atomic E-state index is 0.813. The summed E-state index contributed by atoms with van der Waals surface area (Å²) in [7, 11) is 0. The van der Waals surface area contributed by atoms with Crippen molar-refractivity contribution in [2.24, 2.45) is 4.99 Å². The third kappa shape index (κ3) is 16.4. The van der Waals surface area contributed by atoms with E-state index in [9.17, 15) is 0 Å². The zero-order chi connectivity index (χ0) is 26.2. The SMILES string of the molecule is CCCCCCCCCCCCc1ccc(N=Cc2ccc(OCCCCCCCCCC)cc2)cc1. The molecule has 0 saturated carbocycles. The highest BCUT2D eigenvalue weighted by atomic mass is 16.5. The number of unbranched alkanes of at least 4 members (excludes halogenated alkanes) is 16. The number of ether oxygens (including phenoxy) is 1. The maximum absolute atomic E-state index is 5.91. The predicted molar refractivity (Wildman–Crippen MR) is 164 cm³/mol. The quantitative estimate of drug-likeness (QED) is 0.109. The van der Waals surface area contributed by atoms with Gasteiger partial charge in [0.25, 0.3) is 0 Å². The molecule has 206 valence electrons. The Morgan fingerprint density at radius 3 is 1.57 bits per heavy atom. The number of benzene rings is 2. The molecule has 0 aliphatic heterocycles. The van der Waals surface area contributed by atoms with Crippen LogP contribution in [0.15, 0.2) is 53.5 Å². The highest BCUT2D eigenvalue weighted by Gasteiger charge is 1.98. The van der Waals surface area contributed by atoms with Gasteiger partial charge in [-0.25, -0.2) is 0 Å². The van der Waals surface area contributed by atoms with Gasteiger partial charge in [0.1, 0.15) is 5.75 Å². The lowest BCUT2D eigenvalue weighted by Crippen LogP contribution is -1.97. The number of nitrogens with zero attached hydrogens (tertiary/aromatic N) is 1. The zero-order valence-corrected chi connectivity index (χ0v) is 24.2. The molecule has 0 unspecified atom stereocenters. The summed E-state index contributed by atoms with van der Waals surface area (Å²) in [5.41, 5.74) is 3.55. The molecule has 0 amide bonds. The monoisotopic (exact) mass is 505 g/mol. The number of rotatable bonds is 23. The lowest BCUT2D eigenvalue weighted by atomic mass is 10.0. The van der Waals surface area contributed by atoms with Gasteiger partial charge in [-0.3, -0.25) is 4.99 Å². The van der Waals surface area contributed by atoms with Crippen molar-refractivity contribution in [1.29, 1.82) is 0 Å². The second kappa shape index (κ2) is 21.9. The first kappa shape index (κ1) is 31.1. The van der Waals surface area contributed by atoms with E-state index in [1.165, 1.54) is 121 Å². The summed E-state index contributed by atoms with van der Waals surface area (Å²) in [6, 6.07) is 17.1. The predicted octanol–water partition coefficient (Wildman–Crippen LogP) is 11.4. The molecule has 0 radical (unpaired) electrons. The van der Waals surface area contributed by atoms with Gasteiger partial charge < -0.3 is 4.74 Å². The molecule has 0 bridgehead atoms. The fourth-order valence-electron chi connectivity index (χ4n) is 4.79. The molecular formula is C35H55NO. The van der Waals surface area contributed by atoms with Crippen LogP contribution in [0, 0.1) is 0 Å². The molecule has 2 nitrogen and oxygen atoms in total. The summed E-state index contributed by atoms with van der Waals surface area (Å²) < 4.78 is 5.91. The number of aliphatic imine (C=N–C) groups is 1. The average molecular weight is 506 g/mol. The Labute approximate surface area is 229 Å². The second-order valence-corrected chi connectivity index (χ2v) is 10.7. The molecule has 2 aromatic rings. The summed E-state index contributed by atoms with van der Waals surface area (Å²) in [5, 5.41) is 0. The Hall–Kier alpha value is -2.09. The van der Waals surface area contributed by atoms with E-state index in [-0.39, 0.29) is 0 Å². The molecule has 2 aromatic carbocycles. The average Bonchev–Trinajstić information content (AvgIpc) is 2.93. The van der Waals surface area contributed by atoms with Gasteiger partial charge in [-0.15, -0.1) is 0 Å². The molecule has 2 rings (SSSR count). The van der Waals surface area contributed by atoms with E-state index in [2.05, 4.69) is 67.4 Å². The summed E-state index contributed by atoms with van der Waals surface area (Å²) in [4.78, 5) is 4.66. The Morgan fingerprint density at radius 1 is 0.541 bits per heavy atom. The van der Waals surface area contributed by atoms with Crippen LogP contribution in [0.1, 0.15) is 141 Å². The van der Waals surface area contributed by atoms with Gasteiger partial charge >= 0.3 is 0 Å². The van der Waals surface area contributed by atoms with E-state index in [1.807, 2.05) is 6.21 Å². The van der Waals surface area contributed by atoms with Gasteiger partial charge in [0, 0.05) is 6.21 Å². The topological polar surface area (TPSA) is 21.6 Å². The summed E-state index contributed by atoms with van der Waals surface area (Å²) in [6.45, 7) is 5.37. The molecule has 0 aliphatic carbocycles. The third-order valence-corrected chi connectivity index (χ3v) is 7.26. The fraction of sp³-hybridized carbons (Fsp3) is 0.629. The molecular weight excluding hydrogens is 450 g/mol. The van der Waals surface area contributed by atoms with Gasteiger partial charge in [-0.1, -0.05) is 129 Å². The zero-order valence-electron chi connectivity index (χ0n) is 24.2. The molecule has 0 fully saturated rings. The van der Waals surface area contributed by atoms with Crippen LogP contribution in [-0.2, 0) is 6.42 Å². The van der Waals surface area contributed by atoms with E-state index in [0.29, 0.717) is 0 Å². The van der Waals surface area contributed by atoms with Crippen molar-refractivity contribution in [1.82, 2.24) is 0 Å². The lowest BCUT2D eigenvalue weighted by Gasteiger charge is -2.06. The van der Waals surface area contributed by atoms with Gasteiger partial charge in [-0.2, -0.15) is 0 Å². The van der Waals surface area contributed by atoms with Crippen LogP contribution < -0.4 is 4.74 Å². The molecule has 0 spiro atoms. The number of hydrogen-bond acceptors (Lipinski definition) is 2. The summed E-state index contributed by atoms with van der Waals surface area (Å²) >= 11 is 0. The maximum atomic E-state index is 5.91. The molecule has 2 heteroatoms. The van der Waals surface area contributed by atoms with Crippen LogP contribution in [0.3, 0.4) is 0 Å². The molecule has 37 heavy (non-hydrogen) atoms. The van der Waals surface area contributed by atoms with E-state index in [0.717, 1.165) is 30.0 Å². The minimum Gasteiger partial charge on any atom is -0.494 e. The Balaban J connectivity index is 1.54. The molecule has 0 N–H and O–H groups in total. The van der Waals surface area contributed by atoms with Gasteiger partial charge in [0.05, 0.1) is 12.3 Å². The van der Waals surface area contributed by atoms with Gasteiger partial charge in [0.2, 0.25) is 0 Å². The van der Waals surface area contributed by atoms with Crippen molar-refractivity contribution in [2.45, 2.75) is 136 Å². The largest absolute Gasteiger partial charge is 0.494 e. The van der Waals surface area contributed by atoms with E-state index < -0.39 is 0 Å². The molecule has 0 saturated heterocycles. The Kier molecular flexibility index (Phi) is 18.5. The van der Waals surface area contributed by atoms with E-state index >= 15 is 0 Å². The summed E-state index contributed by atoms with van der Waals surface area (Å²) in [6.07, 6.45) is 27.7. The first-order valence-electron chi connectivity index (χ1n) is 15.7. The van der Waals surface area contributed by atoms with E-state index in [1.54, 1.807) is 0 Å². The van der Waals surface area contributed by atoms with Crippen LogP contribution in [0.4, 0.5) is 5.69 Å². The molecule has 0 heterocycles. The Morgan fingerprint density at radius 2 is 1.03 bits per heavy atom. The van der Waals surface area contributed by atoms with Crippen LogP contribution in [-0.4, -0.2) is 12.8 Å². The number of hydrogen-bond donors (Lipinski definition) is 0. The highest BCUT2D eigenvalue weighted by Crippen LogP contribution is 2.18. The van der Waals surface area contributed by atoms with Gasteiger partial charge in [0.15, 0.2) is 0 Å². The first-order chi connectivity index (χ1) is 18.3. The third-order valence-electron chi connectivity index (χ3n) is 7.26. The van der Waals surface area contributed by atoms with Gasteiger partial charge in [-0.05, 0) is 66.8 Å².